The van der Waals surface area contributed by atoms with Gasteiger partial charge in [0.1, 0.15) is 0 Å². The van der Waals surface area contributed by atoms with E-state index >= 15 is 0 Å². The number of nitrogens with zero attached hydrogens (tertiary/aromatic N) is 1. The highest BCUT2D eigenvalue weighted by atomic mass is 16.5. The molecule has 0 radical (unpaired) electrons. The van der Waals surface area contributed by atoms with E-state index in [9.17, 15) is 9.59 Å². The second kappa shape index (κ2) is 20.4. The van der Waals surface area contributed by atoms with E-state index in [0.717, 1.165) is 110 Å². The molecule has 0 fully saturated rings. The number of terminal acetylenes is 1. The fourth-order valence-corrected chi connectivity index (χ4v) is 5.40. The first-order chi connectivity index (χ1) is 21.0. The largest absolute Gasteiger partial charge is 0.380 e. The Morgan fingerprint density at radius 2 is 1.81 bits per heavy atom. The standard InChI is InChI=1S/C30H33NO2.C7H12O.C2H6/c1-3-23-27(20-32)25-13-8-9-15-28(25)31-29(23)18-16-21(2)17-19-30(33)26-14-7-5-11-22-10-4-6-12-24(22)26;1-3-5-7-8-6-4-2;1-2/h4,6,8-10,12-15,20-21H,3,5,7,11,16-19H2,1-2H3;1H,4-7H2,2H3;1-2H3. The van der Waals surface area contributed by atoms with Crippen LogP contribution in [0.3, 0.4) is 0 Å². The molecule has 1 aliphatic carbocycles. The number of benzene rings is 2. The Bertz CT molecular complexity index is 1360. The molecule has 0 aliphatic heterocycles. The summed E-state index contributed by atoms with van der Waals surface area (Å²) in [7, 11) is 0. The fraction of sp³-hybridized carbons (Fsp3) is 0.462. The van der Waals surface area contributed by atoms with Crippen LogP contribution in [0.5, 0.6) is 0 Å². The zero-order valence-corrected chi connectivity index (χ0v) is 27.1. The predicted octanol–water partition coefficient (Wildman–Crippen LogP) is 9.41. The highest BCUT2D eigenvalue weighted by Gasteiger charge is 2.19. The quantitative estimate of drug-likeness (QED) is 0.115. The second-order valence-electron chi connectivity index (χ2n) is 10.8. The second-order valence-corrected chi connectivity index (χ2v) is 10.8. The van der Waals surface area contributed by atoms with Gasteiger partial charge in [0.2, 0.25) is 0 Å². The van der Waals surface area contributed by atoms with Gasteiger partial charge in [-0.15, -0.1) is 12.3 Å². The fourth-order valence-electron chi connectivity index (χ4n) is 5.40. The number of ketones is 1. The number of rotatable bonds is 13. The molecule has 1 atom stereocenters. The van der Waals surface area contributed by atoms with Gasteiger partial charge in [-0.2, -0.15) is 0 Å². The molecule has 4 nitrogen and oxygen atoms in total. The molecule has 3 aromatic rings. The number of fused-ring (bicyclic) bond motifs is 2. The summed E-state index contributed by atoms with van der Waals surface area (Å²) in [6, 6.07) is 16.2. The van der Waals surface area contributed by atoms with Crippen molar-refractivity contribution in [2.75, 3.05) is 13.2 Å². The lowest BCUT2D eigenvalue weighted by Gasteiger charge is -2.16. The first-order valence-electron chi connectivity index (χ1n) is 16.2. The van der Waals surface area contributed by atoms with Crippen LogP contribution in [0.15, 0.2) is 54.6 Å². The Balaban J connectivity index is 0.000000561. The summed E-state index contributed by atoms with van der Waals surface area (Å²) in [6.07, 6.45) is 17.1. The van der Waals surface area contributed by atoms with E-state index in [1.807, 2.05) is 44.2 Å². The van der Waals surface area contributed by atoms with Gasteiger partial charge in [0.25, 0.3) is 0 Å². The zero-order chi connectivity index (χ0) is 31.5. The van der Waals surface area contributed by atoms with E-state index in [-0.39, 0.29) is 5.78 Å². The van der Waals surface area contributed by atoms with Crippen molar-refractivity contribution in [3.05, 3.63) is 82.6 Å². The Morgan fingerprint density at radius 1 is 1.07 bits per heavy atom. The summed E-state index contributed by atoms with van der Waals surface area (Å²) in [5, 5.41) is 0.934. The lowest BCUT2D eigenvalue weighted by atomic mass is 9.90. The highest BCUT2D eigenvalue weighted by molar-refractivity contribution is 6.21. The molecule has 230 valence electrons. The molecule has 2 aromatic carbocycles. The van der Waals surface area contributed by atoms with Gasteiger partial charge < -0.3 is 4.74 Å². The number of ether oxygens (including phenoxy) is 1. The maximum absolute atomic E-state index is 13.1. The van der Waals surface area contributed by atoms with E-state index in [0.29, 0.717) is 18.9 Å². The SMILES string of the molecule is C#CCCOCCC.CC.CCc1c(CCC(C)CCC(=O)C2=CCCCc3ccccc32)nc2ccccc2c1C=O. The number of carbonyl (C=O) groups is 2. The van der Waals surface area contributed by atoms with Gasteiger partial charge in [0.15, 0.2) is 12.1 Å². The number of hydrogen-bond acceptors (Lipinski definition) is 4. The molecule has 1 aliphatic rings. The van der Waals surface area contributed by atoms with Crippen molar-refractivity contribution in [1.29, 1.82) is 0 Å². The number of aryl methyl sites for hydroxylation is 2. The summed E-state index contributed by atoms with van der Waals surface area (Å²) < 4.78 is 5.08. The number of aromatic nitrogens is 1. The monoisotopic (exact) mass is 581 g/mol. The van der Waals surface area contributed by atoms with Crippen LogP contribution in [0.2, 0.25) is 0 Å². The molecule has 0 N–H and O–H groups in total. The molecule has 0 saturated heterocycles. The third kappa shape index (κ3) is 10.9. The van der Waals surface area contributed by atoms with Crippen molar-refractivity contribution in [2.45, 2.75) is 98.8 Å². The van der Waals surface area contributed by atoms with E-state index in [2.05, 4.69) is 51.0 Å². The summed E-state index contributed by atoms with van der Waals surface area (Å²) in [4.78, 5) is 29.9. The van der Waals surface area contributed by atoms with Crippen LogP contribution in [-0.4, -0.2) is 30.3 Å². The molecule has 0 bridgehead atoms. The molecule has 1 unspecified atom stereocenters. The number of aldehydes is 1. The highest BCUT2D eigenvalue weighted by Crippen LogP contribution is 2.29. The summed E-state index contributed by atoms with van der Waals surface area (Å²) in [5.41, 5.74) is 7.08. The van der Waals surface area contributed by atoms with Crippen LogP contribution in [0.1, 0.15) is 112 Å². The lowest BCUT2D eigenvalue weighted by molar-refractivity contribution is -0.114. The Hall–Kier alpha value is -3.55. The van der Waals surface area contributed by atoms with Gasteiger partial charge in [-0.25, -0.2) is 0 Å². The minimum atomic E-state index is 0.262. The first-order valence-corrected chi connectivity index (χ1v) is 16.2. The van der Waals surface area contributed by atoms with Crippen molar-refractivity contribution in [2.24, 2.45) is 5.92 Å². The smallest absolute Gasteiger partial charge is 0.163 e. The van der Waals surface area contributed by atoms with Gasteiger partial charge in [-0.3, -0.25) is 14.6 Å². The number of pyridine rings is 1. The van der Waals surface area contributed by atoms with Crippen LogP contribution < -0.4 is 0 Å². The van der Waals surface area contributed by atoms with Crippen LogP contribution in [0.25, 0.3) is 16.5 Å². The average Bonchev–Trinajstić information content (AvgIpc) is 3.28. The van der Waals surface area contributed by atoms with Crippen molar-refractivity contribution in [3.63, 3.8) is 0 Å². The van der Waals surface area contributed by atoms with Crippen LogP contribution in [0, 0.1) is 18.3 Å². The van der Waals surface area contributed by atoms with E-state index in [1.165, 1.54) is 5.56 Å². The summed E-state index contributed by atoms with van der Waals surface area (Å²) >= 11 is 0. The summed E-state index contributed by atoms with van der Waals surface area (Å²) in [6.45, 7) is 11.9. The minimum Gasteiger partial charge on any atom is -0.380 e. The number of allylic oxidation sites excluding steroid dienone is 2. The van der Waals surface area contributed by atoms with Gasteiger partial charge in [-0.1, -0.05) is 83.2 Å². The van der Waals surface area contributed by atoms with Gasteiger partial charge in [0.05, 0.1) is 12.1 Å². The molecule has 0 amide bonds. The van der Waals surface area contributed by atoms with Crippen molar-refractivity contribution >= 4 is 28.5 Å². The number of hydrogen-bond donors (Lipinski definition) is 0. The Labute approximate surface area is 260 Å². The normalized spacial score (nSPS) is 12.7. The molecule has 4 rings (SSSR count). The molecule has 1 heterocycles. The minimum absolute atomic E-state index is 0.262. The van der Waals surface area contributed by atoms with Crippen molar-refractivity contribution in [3.8, 4) is 12.3 Å². The number of carbonyl (C=O) groups excluding carboxylic acids is 2. The van der Waals surface area contributed by atoms with Gasteiger partial charge >= 0.3 is 0 Å². The molecule has 43 heavy (non-hydrogen) atoms. The average molecular weight is 582 g/mol. The van der Waals surface area contributed by atoms with Crippen LogP contribution >= 0.6 is 0 Å². The van der Waals surface area contributed by atoms with Crippen LogP contribution in [-0.2, 0) is 28.8 Å². The Morgan fingerprint density at radius 3 is 2.53 bits per heavy atom. The molecule has 0 saturated carbocycles. The third-order valence-electron chi connectivity index (χ3n) is 7.68. The predicted molar refractivity (Wildman–Crippen MR) is 181 cm³/mol. The topological polar surface area (TPSA) is 56.3 Å². The molecule has 0 spiro atoms. The van der Waals surface area contributed by atoms with E-state index in [1.54, 1.807) is 0 Å². The van der Waals surface area contributed by atoms with Crippen molar-refractivity contribution in [1.82, 2.24) is 4.98 Å². The first kappa shape index (κ1) is 35.6. The van der Waals surface area contributed by atoms with E-state index in [4.69, 9.17) is 16.1 Å². The third-order valence-corrected chi connectivity index (χ3v) is 7.68. The molecular formula is C39H51NO3. The lowest BCUT2D eigenvalue weighted by Crippen LogP contribution is -2.09. The summed E-state index contributed by atoms with van der Waals surface area (Å²) in [5.74, 6) is 3.17. The zero-order valence-electron chi connectivity index (χ0n) is 27.1. The number of Topliss-reactive ketones (excluding diaryl/α,β-unsaturated/α-hetero) is 1. The van der Waals surface area contributed by atoms with Gasteiger partial charge in [0, 0.05) is 41.7 Å². The van der Waals surface area contributed by atoms with Gasteiger partial charge in [-0.05, 0) is 80.0 Å². The van der Waals surface area contributed by atoms with E-state index < -0.39 is 0 Å². The number of para-hydroxylation sites is 1. The maximum atomic E-state index is 13.1. The van der Waals surface area contributed by atoms with Crippen molar-refractivity contribution < 1.29 is 14.3 Å². The maximum Gasteiger partial charge on any atom is 0.163 e. The molecular weight excluding hydrogens is 530 g/mol. The van der Waals surface area contributed by atoms with Crippen LogP contribution in [0.4, 0.5) is 0 Å². The molecule has 1 aromatic heterocycles. The molecule has 4 heteroatoms. The Kier molecular flexibility index (Phi) is 16.9.